The molecule has 0 unspecified atom stereocenters. The van der Waals surface area contributed by atoms with E-state index in [9.17, 15) is 4.79 Å². The van der Waals surface area contributed by atoms with E-state index < -0.39 is 0 Å². The summed E-state index contributed by atoms with van der Waals surface area (Å²) in [5.74, 6) is -0.0465. The highest BCUT2D eigenvalue weighted by atomic mass is 32.1. The van der Waals surface area contributed by atoms with Crippen LogP contribution in [0.1, 0.15) is 5.01 Å². The molecule has 0 aliphatic heterocycles. The van der Waals surface area contributed by atoms with Crippen LogP contribution in [0.4, 0.5) is 5.69 Å². The molecule has 2 aromatic rings. The Morgan fingerprint density at radius 3 is 2.61 bits per heavy atom. The van der Waals surface area contributed by atoms with Gasteiger partial charge in [0.05, 0.1) is 17.2 Å². The monoisotopic (exact) mass is 261 g/mol. The lowest BCUT2D eigenvalue weighted by Gasteiger charge is -2.05. The minimum Gasteiger partial charge on any atom is -0.325 e. The first-order chi connectivity index (χ1) is 8.69. The van der Waals surface area contributed by atoms with Crippen molar-refractivity contribution < 1.29 is 4.79 Å². The Morgan fingerprint density at radius 1 is 1.33 bits per heavy atom. The maximum absolute atomic E-state index is 11.4. The van der Waals surface area contributed by atoms with Gasteiger partial charge in [0.15, 0.2) is 0 Å². The van der Waals surface area contributed by atoms with Gasteiger partial charge in [-0.2, -0.15) is 0 Å². The number of benzene rings is 1. The lowest BCUT2D eigenvalue weighted by atomic mass is 10.1. The summed E-state index contributed by atoms with van der Waals surface area (Å²) < 4.78 is 0. The summed E-state index contributed by atoms with van der Waals surface area (Å²) in [6.45, 7) is 2.30. The lowest BCUT2D eigenvalue weighted by molar-refractivity contribution is -0.115. The molecule has 0 aliphatic carbocycles. The van der Waals surface area contributed by atoms with Crippen molar-refractivity contribution in [3.8, 4) is 11.3 Å². The molecule has 5 heteroatoms. The molecule has 1 aromatic heterocycles. The molecule has 4 nitrogen and oxygen atoms in total. The third-order valence-corrected chi connectivity index (χ3v) is 3.19. The van der Waals surface area contributed by atoms with Crippen LogP contribution in [0.5, 0.6) is 0 Å². The van der Waals surface area contributed by atoms with E-state index in [0.29, 0.717) is 6.54 Å². The van der Waals surface area contributed by atoms with Crippen molar-refractivity contribution in [2.24, 2.45) is 0 Å². The van der Waals surface area contributed by atoms with E-state index in [-0.39, 0.29) is 5.91 Å². The molecule has 0 saturated carbocycles. The van der Waals surface area contributed by atoms with Crippen molar-refractivity contribution in [3.05, 3.63) is 34.7 Å². The first kappa shape index (κ1) is 12.7. The second kappa shape index (κ2) is 5.75. The number of likely N-dealkylation sites (N-methyl/N-ethyl adjacent to an activating group) is 1. The summed E-state index contributed by atoms with van der Waals surface area (Å²) in [4.78, 5) is 15.8. The summed E-state index contributed by atoms with van der Waals surface area (Å²) in [5.41, 5.74) is 2.84. The summed E-state index contributed by atoms with van der Waals surface area (Å²) in [7, 11) is 1.74. The molecule has 1 heterocycles. The second-order valence-corrected chi connectivity index (χ2v) is 4.97. The number of thiazole rings is 1. The van der Waals surface area contributed by atoms with Crippen LogP contribution in [0, 0.1) is 6.92 Å². The number of amides is 1. The Hall–Kier alpha value is -1.72. The van der Waals surface area contributed by atoms with Crippen molar-refractivity contribution in [3.63, 3.8) is 0 Å². The van der Waals surface area contributed by atoms with Gasteiger partial charge in [-0.05, 0) is 26.1 Å². The van der Waals surface area contributed by atoms with Gasteiger partial charge in [-0.15, -0.1) is 11.3 Å². The topological polar surface area (TPSA) is 54.0 Å². The highest BCUT2D eigenvalue weighted by molar-refractivity contribution is 7.09. The van der Waals surface area contributed by atoms with Crippen LogP contribution < -0.4 is 10.6 Å². The molecule has 2 N–H and O–H groups in total. The molecule has 18 heavy (non-hydrogen) atoms. The molecule has 0 saturated heterocycles. The number of rotatable bonds is 4. The van der Waals surface area contributed by atoms with E-state index in [1.165, 1.54) is 0 Å². The molecule has 0 atom stereocenters. The smallest absolute Gasteiger partial charge is 0.238 e. The number of carbonyl (C=O) groups is 1. The van der Waals surface area contributed by atoms with Crippen LogP contribution >= 0.6 is 11.3 Å². The molecule has 0 aliphatic rings. The summed E-state index contributed by atoms with van der Waals surface area (Å²) in [6, 6.07) is 7.70. The number of aryl methyl sites for hydroxylation is 1. The van der Waals surface area contributed by atoms with E-state index in [1.807, 2.05) is 36.6 Å². The fourth-order valence-electron chi connectivity index (χ4n) is 1.59. The standard InChI is InChI=1S/C13H15N3OS/c1-9-15-12(8-18-9)10-3-5-11(6-4-10)16-13(17)7-14-2/h3-6,8,14H,7H2,1-2H3,(H,16,17). The second-order valence-electron chi connectivity index (χ2n) is 3.91. The van der Waals surface area contributed by atoms with Gasteiger partial charge in [0.2, 0.25) is 5.91 Å². The highest BCUT2D eigenvalue weighted by Gasteiger charge is 2.03. The number of nitrogens with one attached hydrogen (secondary N) is 2. The zero-order chi connectivity index (χ0) is 13.0. The van der Waals surface area contributed by atoms with Gasteiger partial charge in [0.25, 0.3) is 0 Å². The normalized spacial score (nSPS) is 10.3. The van der Waals surface area contributed by atoms with Crippen LogP contribution in [0.15, 0.2) is 29.6 Å². The Morgan fingerprint density at radius 2 is 2.06 bits per heavy atom. The molecule has 0 fully saturated rings. The molecular formula is C13H15N3OS. The molecule has 0 radical (unpaired) electrons. The van der Waals surface area contributed by atoms with E-state index in [0.717, 1.165) is 22.0 Å². The summed E-state index contributed by atoms with van der Waals surface area (Å²) in [5, 5.41) is 8.70. The first-order valence-electron chi connectivity index (χ1n) is 5.66. The minimum absolute atomic E-state index is 0.0465. The third-order valence-electron chi connectivity index (χ3n) is 2.42. The number of anilines is 1. The van der Waals surface area contributed by atoms with Crippen molar-refractivity contribution >= 4 is 22.9 Å². The largest absolute Gasteiger partial charge is 0.325 e. The Balaban J connectivity index is 2.08. The van der Waals surface area contributed by atoms with Crippen molar-refractivity contribution in [2.45, 2.75) is 6.92 Å². The van der Waals surface area contributed by atoms with Gasteiger partial charge in [-0.3, -0.25) is 4.79 Å². The molecule has 0 bridgehead atoms. The fraction of sp³-hybridized carbons (Fsp3) is 0.231. The predicted molar refractivity (Wildman–Crippen MR) is 74.8 cm³/mol. The fourth-order valence-corrected chi connectivity index (χ4v) is 2.21. The zero-order valence-electron chi connectivity index (χ0n) is 10.4. The van der Waals surface area contributed by atoms with Gasteiger partial charge < -0.3 is 10.6 Å². The molecule has 0 spiro atoms. The third kappa shape index (κ3) is 3.15. The Kier molecular flexibility index (Phi) is 4.07. The zero-order valence-corrected chi connectivity index (χ0v) is 11.2. The van der Waals surface area contributed by atoms with E-state index in [1.54, 1.807) is 18.4 Å². The maximum Gasteiger partial charge on any atom is 0.238 e. The van der Waals surface area contributed by atoms with Gasteiger partial charge in [0.1, 0.15) is 0 Å². The SMILES string of the molecule is CNCC(=O)Nc1ccc(-c2csc(C)n2)cc1. The van der Waals surface area contributed by atoms with E-state index >= 15 is 0 Å². The van der Waals surface area contributed by atoms with Crippen LogP contribution in [0.2, 0.25) is 0 Å². The van der Waals surface area contributed by atoms with Crippen LogP contribution in [0.3, 0.4) is 0 Å². The minimum atomic E-state index is -0.0465. The highest BCUT2D eigenvalue weighted by Crippen LogP contribution is 2.22. The van der Waals surface area contributed by atoms with Gasteiger partial charge in [0, 0.05) is 16.6 Å². The van der Waals surface area contributed by atoms with Crippen LogP contribution in [-0.4, -0.2) is 24.5 Å². The molecule has 94 valence electrons. The predicted octanol–water partition coefficient (Wildman–Crippen LogP) is 2.28. The Bertz CT molecular complexity index is 533. The number of carbonyl (C=O) groups excluding carboxylic acids is 1. The van der Waals surface area contributed by atoms with E-state index in [4.69, 9.17) is 0 Å². The molecule has 1 amide bonds. The van der Waals surface area contributed by atoms with Gasteiger partial charge in [-0.1, -0.05) is 12.1 Å². The number of nitrogens with zero attached hydrogens (tertiary/aromatic N) is 1. The maximum atomic E-state index is 11.4. The average Bonchev–Trinajstić information content (AvgIpc) is 2.77. The van der Waals surface area contributed by atoms with Crippen LogP contribution in [0.25, 0.3) is 11.3 Å². The van der Waals surface area contributed by atoms with Crippen molar-refractivity contribution in [1.29, 1.82) is 0 Å². The van der Waals surface area contributed by atoms with Crippen molar-refractivity contribution in [1.82, 2.24) is 10.3 Å². The molecule has 1 aromatic carbocycles. The molecular weight excluding hydrogens is 246 g/mol. The van der Waals surface area contributed by atoms with Gasteiger partial charge in [-0.25, -0.2) is 4.98 Å². The van der Waals surface area contributed by atoms with Crippen LogP contribution in [-0.2, 0) is 4.79 Å². The summed E-state index contributed by atoms with van der Waals surface area (Å²) >= 11 is 1.63. The Labute approximate surface area is 110 Å². The average molecular weight is 261 g/mol. The number of aromatic nitrogens is 1. The van der Waals surface area contributed by atoms with Gasteiger partial charge >= 0.3 is 0 Å². The lowest BCUT2D eigenvalue weighted by Crippen LogP contribution is -2.24. The molecule has 2 rings (SSSR count). The van der Waals surface area contributed by atoms with Crippen molar-refractivity contribution in [2.75, 3.05) is 18.9 Å². The number of hydrogen-bond acceptors (Lipinski definition) is 4. The quantitative estimate of drug-likeness (QED) is 0.887. The summed E-state index contributed by atoms with van der Waals surface area (Å²) in [6.07, 6.45) is 0. The first-order valence-corrected chi connectivity index (χ1v) is 6.54. The van der Waals surface area contributed by atoms with E-state index in [2.05, 4.69) is 15.6 Å². The number of hydrogen-bond donors (Lipinski definition) is 2.